The predicted molar refractivity (Wildman–Crippen MR) is 179 cm³/mol. The SMILES string of the molecule is OC(COCCCCCCCCCCCCC1CCCCC1)COC(c1ccccc1)(c1ccccc1)c1ccccc1. The quantitative estimate of drug-likeness (QED) is 0.1000. The zero-order chi connectivity index (χ0) is 29.8. The highest BCUT2D eigenvalue weighted by Crippen LogP contribution is 2.40. The van der Waals surface area contributed by atoms with Crippen LogP contribution in [-0.2, 0) is 15.1 Å². The van der Waals surface area contributed by atoms with Gasteiger partial charge in [-0.3, -0.25) is 0 Å². The summed E-state index contributed by atoms with van der Waals surface area (Å²) in [7, 11) is 0. The molecule has 3 heteroatoms. The number of ether oxygens (including phenoxy) is 2. The van der Waals surface area contributed by atoms with Gasteiger partial charge >= 0.3 is 0 Å². The van der Waals surface area contributed by atoms with Gasteiger partial charge in [-0.05, 0) is 29.0 Å². The Bertz CT molecular complexity index is 982. The van der Waals surface area contributed by atoms with Crippen LogP contribution in [0.2, 0.25) is 0 Å². The van der Waals surface area contributed by atoms with Crippen LogP contribution in [0.3, 0.4) is 0 Å². The van der Waals surface area contributed by atoms with Gasteiger partial charge in [0.25, 0.3) is 0 Å². The van der Waals surface area contributed by atoms with E-state index in [1.165, 1.54) is 96.3 Å². The van der Waals surface area contributed by atoms with Gasteiger partial charge < -0.3 is 14.6 Å². The van der Waals surface area contributed by atoms with E-state index in [2.05, 4.69) is 36.4 Å². The minimum atomic E-state index is -0.820. The Kier molecular flexibility index (Phi) is 15.4. The normalized spacial score (nSPS) is 15.0. The molecule has 43 heavy (non-hydrogen) atoms. The van der Waals surface area contributed by atoms with Crippen molar-refractivity contribution in [3.63, 3.8) is 0 Å². The smallest absolute Gasteiger partial charge is 0.143 e. The minimum absolute atomic E-state index is 0.180. The van der Waals surface area contributed by atoms with Gasteiger partial charge in [0.15, 0.2) is 0 Å². The van der Waals surface area contributed by atoms with Gasteiger partial charge in [-0.1, -0.05) is 187 Å². The Morgan fingerprint density at radius 3 is 1.49 bits per heavy atom. The fraction of sp³-hybridized carbons (Fsp3) is 0.550. The topological polar surface area (TPSA) is 38.7 Å². The molecule has 3 nitrogen and oxygen atoms in total. The summed E-state index contributed by atoms with van der Waals surface area (Å²) in [6.07, 6.45) is 21.6. The van der Waals surface area contributed by atoms with Crippen LogP contribution in [0.25, 0.3) is 0 Å². The second-order valence-corrected chi connectivity index (χ2v) is 12.6. The molecular weight excluding hydrogens is 528 g/mol. The molecule has 0 amide bonds. The number of benzene rings is 3. The summed E-state index contributed by atoms with van der Waals surface area (Å²) in [6, 6.07) is 30.9. The van der Waals surface area contributed by atoms with E-state index in [1.54, 1.807) is 0 Å². The molecule has 1 aliphatic carbocycles. The lowest BCUT2D eigenvalue weighted by Crippen LogP contribution is -2.36. The fourth-order valence-corrected chi connectivity index (χ4v) is 6.78. The van der Waals surface area contributed by atoms with Gasteiger partial charge in [-0.25, -0.2) is 0 Å². The molecule has 0 aromatic heterocycles. The first-order chi connectivity index (χ1) is 21.3. The Hall–Kier alpha value is -2.46. The molecule has 234 valence electrons. The molecule has 3 aromatic rings. The third-order valence-corrected chi connectivity index (χ3v) is 9.22. The molecule has 1 aliphatic rings. The molecule has 1 fully saturated rings. The van der Waals surface area contributed by atoms with Gasteiger partial charge in [-0.15, -0.1) is 0 Å². The predicted octanol–water partition coefficient (Wildman–Crippen LogP) is 10.2. The van der Waals surface area contributed by atoms with E-state index >= 15 is 0 Å². The summed E-state index contributed by atoms with van der Waals surface area (Å²) < 4.78 is 12.6. The molecule has 1 saturated carbocycles. The number of rotatable bonds is 21. The number of hydrogen-bond donors (Lipinski definition) is 1. The summed E-state index contributed by atoms with van der Waals surface area (Å²) in [6.45, 7) is 1.16. The average Bonchev–Trinajstić information content (AvgIpc) is 3.07. The summed E-state index contributed by atoms with van der Waals surface area (Å²) in [5.74, 6) is 1.05. The standard InChI is InChI=1S/C40H56O3/c41-39(33-42-32-22-8-6-4-2-1-3-5-7-13-23-35-24-14-9-15-25-35)34-43-40(36-26-16-10-17-27-36,37-28-18-11-19-29-37)38-30-20-12-21-31-38/h10-12,16-21,26-31,35,39,41H,1-9,13-15,22-25,32-34H2. The van der Waals surface area contributed by atoms with Crippen molar-refractivity contribution in [3.05, 3.63) is 108 Å². The van der Waals surface area contributed by atoms with Crippen LogP contribution in [0.15, 0.2) is 91.0 Å². The third kappa shape index (κ3) is 11.2. The molecule has 0 heterocycles. The Morgan fingerprint density at radius 1 is 0.558 bits per heavy atom. The fourth-order valence-electron chi connectivity index (χ4n) is 6.78. The number of aliphatic hydroxyl groups excluding tert-OH is 1. The summed E-state index contributed by atoms with van der Waals surface area (Å²) in [5, 5.41) is 10.8. The van der Waals surface area contributed by atoms with Gasteiger partial charge in [0.2, 0.25) is 0 Å². The molecule has 0 aliphatic heterocycles. The third-order valence-electron chi connectivity index (χ3n) is 9.22. The van der Waals surface area contributed by atoms with E-state index in [-0.39, 0.29) is 13.2 Å². The van der Waals surface area contributed by atoms with E-state index in [4.69, 9.17) is 9.47 Å². The van der Waals surface area contributed by atoms with E-state index in [0.717, 1.165) is 29.0 Å². The van der Waals surface area contributed by atoms with Crippen LogP contribution in [0.4, 0.5) is 0 Å². The largest absolute Gasteiger partial charge is 0.388 e. The van der Waals surface area contributed by atoms with E-state index in [0.29, 0.717) is 6.61 Å². The zero-order valence-corrected chi connectivity index (χ0v) is 26.5. The van der Waals surface area contributed by atoms with Crippen LogP contribution in [0.5, 0.6) is 0 Å². The number of hydrogen-bond acceptors (Lipinski definition) is 3. The van der Waals surface area contributed by atoms with Crippen LogP contribution in [0, 0.1) is 5.92 Å². The van der Waals surface area contributed by atoms with Crippen molar-refractivity contribution in [2.75, 3.05) is 19.8 Å². The minimum Gasteiger partial charge on any atom is -0.388 e. The van der Waals surface area contributed by atoms with Crippen molar-refractivity contribution in [1.82, 2.24) is 0 Å². The number of aliphatic hydroxyl groups is 1. The van der Waals surface area contributed by atoms with Gasteiger partial charge in [0.05, 0.1) is 13.2 Å². The Labute approximate surface area is 262 Å². The first-order valence-corrected chi connectivity index (χ1v) is 17.4. The Morgan fingerprint density at radius 2 is 1.00 bits per heavy atom. The van der Waals surface area contributed by atoms with E-state index < -0.39 is 11.7 Å². The lowest BCUT2D eigenvalue weighted by atomic mass is 9.80. The number of unbranched alkanes of at least 4 members (excludes halogenated alkanes) is 9. The van der Waals surface area contributed by atoms with Crippen LogP contribution in [-0.4, -0.2) is 31.0 Å². The van der Waals surface area contributed by atoms with Crippen LogP contribution >= 0.6 is 0 Å². The first kappa shape index (κ1) is 33.4. The summed E-state index contributed by atoms with van der Waals surface area (Å²) >= 11 is 0. The molecule has 0 radical (unpaired) electrons. The maximum absolute atomic E-state index is 10.8. The average molecular weight is 585 g/mol. The highest BCUT2D eigenvalue weighted by atomic mass is 16.5. The molecule has 0 spiro atoms. The van der Waals surface area contributed by atoms with Gasteiger partial charge in [-0.2, -0.15) is 0 Å². The van der Waals surface area contributed by atoms with Crippen molar-refractivity contribution >= 4 is 0 Å². The summed E-state index contributed by atoms with van der Waals surface area (Å²) in [4.78, 5) is 0. The monoisotopic (exact) mass is 584 g/mol. The molecule has 1 unspecified atom stereocenters. The highest BCUT2D eigenvalue weighted by Gasteiger charge is 2.38. The maximum Gasteiger partial charge on any atom is 0.143 e. The molecule has 1 N–H and O–H groups in total. The molecule has 3 aromatic carbocycles. The molecule has 0 saturated heterocycles. The van der Waals surface area contributed by atoms with Crippen molar-refractivity contribution in [2.24, 2.45) is 5.92 Å². The van der Waals surface area contributed by atoms with Gasteiger partial charge in [0, 0.05) is 6.61 Å². The lowest BCUT2D eigenvalue weighted by molar-refractivity contribution is -0.0641. The first-order valence-electron chi connectivity index (χ1n) is 17.4. The Balaban J connectivity index is 1.10. The van der Waals surface area contributed by atoms with Crippen molar-refractivity contribution < 1.29 is 14.6 Å². The maximum atomic E-state index is 10.8. The van der Waals surface area contributed by atoms with Crippen molar-refractivity contribution in [1.29, 1.82) is 0 Å². The second-order valence-electron chi connectivity index (χ2n) is 12.6. The van der Waals surface area contributed by atoms with Gasteiger partial charge in [0.1, 0.15) is 11.7 Å². The molecule has 0 bridgehead atoms. The summed E-state index contributed by atoms with van der Waals surface area (Å²) in [5.41, 5.74) is 2.29. The second kappa shape index (κ2) is 19.7. The van der Waals surface area contributed by atoms with Crippen LogP contribution in [0.1, 0.15) is 119 Å². The zero-order valence-electron chi connectivity index (χ0n) is 26.5. The van der Waals surface area contributed by atoms with E-state index in [1.807, 2.05) is 54.6 Å². The molecule has 4 rings (SSSR count). The van der Waals surface area contributed by atoms with Crippen molar-refractivity contribution in [3.8, 4) is 0 Å². The lowest BCUT2D eigenvalue weighted by Gasteiger charge is -2.36. The molecule has 1 atom stereocenters. The molecular formula is C40H56O3. The van der Waals surface area contributed by atoms with E-state index in [9.17, 15) is 5.11 Å². The van der Waals surface area contributed by atoms with Crippen LogP contribution < -0.4 is 0 Å². The van der Waals surface area contributed by atoms with Crippen molar-refractivity contribution in [2.45, 2.75) is 114 Å². The highest BCUT2D eigenvalue weighted by molar-refractivity contribution is 5.47.